The second-order valence-corrected chi connectivity index (χ2v) is 6.16. The average Bonchev–Trinajstić information content (AvgIpc) is 2.57. The second kappa shape index (κ2) is 9.52. The van der Waals surface area contributed by atoms with Crippen molar-refractivity contribution in [3.05, 3.63) is 35.6 Å². The van der Waals surface area contributed by atoms with Gasteiger partial charge >= 0.3 is 0 Å². The molecule has 0 atom stereocenters. The maximum atomic E-state index is 13.4. The molecule has 0 bridgehead atoms. The first-order valence-corrected chi connectivity index (χ1v) is 8.75. The van der Waals surface area contributed by atoms with E-state index in [1.54, 1.807) is 23.1 Å². The number of amides is 2. The molecular weight excluding hydrogens is 319 g/mol. The minimum absolute atomic E-state index is 0.0393. The Kier molecular flexibility index (Phi) is 7.35. The van der Waals surface area contributed by atoms with Crippen LogP contribution in [0.2, 0.25) is 0 Å². The predicted molar refractivity (Wildman–Crippen MR) is 87.8 cm³/mol. The molecule has 1 saturated heterocycles. The van der Waals surface area contributed by atoms with Gasteiger partial charge in [0.15, 0.2) is 0 Å². The first-order valence-electron chi connectivity index (χ1n) is 7.60. The van der Waals surface area contributed by atoms with Crippen LogP contribution in [0.3, 0.4) is 0 Å². The third kappa shape index (κ3) is 6.19. The van der Waals surface area contributed by atoms with Gasteiger partial charge in [-0.15, -0.1) is 11.8 Å². The molecule has 0 aliphatic carbocycles. The highest BCUT2D eigenvalue weighted by Crippen LogP contribution is 2.07. The van der Waals surface area contributed by atoms with E-state index in [0.717, 1.165) is 0 Å². The van der Waals surface area contributed by atoms with Crippen LogP contribution in [-0.2, 0) is 20.7 Å². The van der Waals surface area contributed by atoms with Crippen LogP contribution in [0, 0.1) is 5.82 Å². The van der Waals surface area contributed by atoms with Crippen LogP contribution >= 0.6 is 11.8 Å². The number of hydrogen-bond acceptors (Lipinski definition) is 4. The van der Waals surface area contributed by atoms with Crippen LogP contribution < -0.4 is 5.32 Å². The van der Waals surface area contributed by atoms with Crippen molar-refractivity contribution >= 4 is 23.6 Å². The molecule has 5 nitrogen and oxygen atoms in total. The number of hydrogen-bond donors (Lipinski definition) is 1. The Balaban J connectivity index is 1.58. The molecule has 1 aromatic carbocycles. The van der Waals surface area contributed by atoms with Crippen LogP contribution in [0.5, 0.6) is 0 Å². The van der Waals surface area contributed by atoms with Crippen molar-refractivity contribution in [1.82, 2.24) is 10.2 Å². The molecule has 1 fully saturated rings. The van der Waals surface area contributed by atoms with Crippen molar-refractivity contribution in [2.75, 3.05) is 44.4 Å². The number of thioether (sulfide) groups is 1. The zero-order valence-corrected chi connectivity index (χ0v) is 13.7. The van der Waals surface area contributed by atoms with Crippen molar-refractivity contribution < 1.29 is 18.7 Å². The van der Waals surface area contributed by atoms with E-state index in [-0.39, 0.29) is 23.4 Å². The SMILES string of the molecule is O=C(CSCC(=O)N1CCOCC1)NCCc1ccccc1F. The third-order valence-electron chi connectivity index (χ3n) is 3.50. The fourth-order valence-electron chi connectivity index (χ4n) is 2.22. The van der Waals surface area contributed by atoms with E-state index in [1.807, 2.05) is 0 Å². The molecule has 126 valence electrons. The third-order valence-corrected chi connectivity index (χ3v) is 4.41. The Bertz CT molecular complexity index is 536. The van der Waals surface area contributed by atoms with E-state index in [4.69, 9.17) is 4.74 Å². The Morgan fingerprint density at radius 2 is 1.96 bits per heavy atom. The Morgan fingerprint density at radius 1 is 1.22 bits per heavy atom. The van der Waals surface area contributed by atoms with E-state index in [9.17, 15) is 14.0 Å². The number of benzene rings is 1. The highest BCUT2D eigenvalue weighted by atomic mass is 32.2. The molecule has 1 aromatic rings. The zero-order valence-electron chi connectivity index (χ0n) is 12.9. The van der Waals surface area contributed by atoms with Gasteiger partial charge in [0, 0.05) is 19.6 Å². The minimum Gasteiger partial charge on any atom is -0.378 e. The lowest BCUT2D eigenvalue weighted by Crippen LogP contribution is -2.41. The maximum absolute atomic E-state index is 13.4. The van der Waals surface area contributed by atoms with Crippen LogP contribution in [0.4, 0.5) is 4.39 Å². The highest BCUT2D eigenvalue weighted by Gasteiger charge is 2.16. The molecule has 1 heterocycles. The Labute approximate surface area is 139 Å². The summed E-state index contributed by atoms with van der Waals surface area (Å²) in [4.78, 5) is 25.4. The topological polar surface area (TPSA) is 58.6 Å². The summed E-state index contributed by atoms with van der Waals surface area (Å²) >= 11 is 1.29. The minimum atomic E-state index is -0.257. The number of halogens is 1. The molecule has 2 rings (SSSR count). The van der Waals surface area contributed by atoms with Gasteiger partial charge in [0.2, 0.25) is 11.8 Å². The Hall–Kier alpha value is -1.60. The van der Waals surface area contributed by atoms with E-state index >= 15 is 0 Å². The molecule has 2 amide bonds. The fraction of sp³-hybridized carbons (Fsp3) is 0.500. The quantitative estimate of drug-likeness (QED) is 0.807. The fourth-order valence-corrected chi connectivity index (χ4v) is 2.97. The summed E-state index contributed by atoms with van der Waals surface area (Å²) < 4.78 is 18.6. The summed E-state index contributed by atoms with van der Waals surface area (Å²) in [6, 6.07) is 6.52. The summed E-state index contributed by atoms with van der Waals surface area (Å²) in [5.74, 6) is 0.166. The molecule has 1 aliphatic heterocycles. The van der Waals surface area contributed by atoms with Crippen LogP contribution in [0.15, 0.2) is 24.3 Å². The lowest BCUT2D eigenvalue weighted by atomic mass is 10.1. The zero-order chi connectivity index (χ0) is 16.5. The molecule has 1 N–H and O–H groups in total. The molecule has 0 unspecified atom stereocenters. The van der Waals surface area contributed by atoms with Crippen molar-refractivity contribution in [3.8, 4) is 0 Å². The summed E-state index contributed by atoms with van der Waals surface area (Å²) in [6.45, 7) is 2.78. The standard InChI is InChI=1S/C16H21FN2O3S/c17-14-4-2-1-3-13(14)5-6-18-15(20)11-23-12-16(21)19-7-9-22-10-8-19/h1-4H,5-12H2,(H,18,20). The lowest BCUT2D eigenvalue weighted by Gasteiger charge is -2.26. The molecule has 23 heavy (non-hydrogen) atoms. The van der Waals surface area contributed by atoms with E-state index in [0.29, 0.717) is 50.6 Å². The number of carbonyl (C=O) groups excluding carboxylic acids is 2. The van der Waals surface area contributed by atoms with Gasteiger partial charge in [0.05, 0.1) is 24.7 Å². The van der Waals surface area contributed by atoms with E-state index in [2.05, 4.69) is 5.32 Å². The normalized spacial score (nSPS) is 14.6. The largest absolute Gasteiger partial charge is 0.378 e. The first-order chi connectivity index (χ1) is 11.2. The summed E-state index contributed by atoms with van der Waals surface area (Å²) in [5, 5.41) is 2.74. The van der Waals surface area contributed by atoms with Gasteiger partial charge in [-0.1, -0.05) is 18.2 Å². The number of nitrogens with zero attached hydrogens (tertiary/aromatic N) is 1. The molecule has 0 spiro atoms. The summed E-state index contributed by atoms with van der Waals surface area (Å²) in [5.41, 5.74) is 0.586. The monoisotopic (exact) mass is 340 g/mol. The number of rotatable bonds is 7. The number of ether oxygens (including phenoxy) is 1. The number of nitrogens with one attached hydrogen (secondary N) is 1. The van der Waals surface area contributed by atoms with Crippen molar-refractivity contribution in [2.45, 2.75) is 6.42 Å². The van der Waals surface area contributed by atoms with Crippen molar-refractivity contribution in [1.29, 1.82) is 0 Å². The van der Waals surface area contributed by atoms with Gasteiger partial charge < -0.3 is 15.0 Å². The molecule has 1 aliphatic rings. The van der Waals surface area contributed by atoms with Gasteiger partial charge in [0.1, 0.15) is 5.82 Å². The van der Waals surface area contributed by atoms with Crippen LogP contribution in [0.25, 0.3) is 0 Å². The van der Waals surface area contributed by atoms with Crippen LogP contribution in [-0.4, -0.2) is 61.1 Å². The van der Waals surface area contributed by atoms with Gasteiger partial charge in [-0.3, -0.25) is 9.59 Å². The maximum Gasteiger partial charge on any atom is 0.232 e. The molecular formula is C16H21FN2O3S. The van der Waals surface area contributed by atoms with Crippen LogP contribution in [0.1, 0.15) is 5.56 Å². The van der Waals surface area contributed by atoms with E-state index < -0.39 is 0 Å². The number of carbonyl (C=O) groups is 2. The number of morpholine rings is 1. The van der Waals surface area contributed by atoms with E-state index in [1.165, 1.54) is 17.8 Å². The van der Waals surface area contributed by atoms with Gasteiger partial charge in [-0.05, 0) is 18.1 Å². The Morgan fingerprint density at radius 3 is 2.70 bits per heavy atom. The highest BCUT2D eigenvalue weighted by molar-refractivity contribution is 8.00. The van der Waals surface area contributed by atoms with Gasteiger partial charge in [0.25, 0.3) is 0 Å². The lowest BCUT2D eigenvalue weighted by molar-refractivity contribution is -0.132. The molecule has 7 heteroatoms. The summed E-state index contributed by atoms with van der Waals surface area (Å²) in [7, 11) is 0. The summed E-state index contributed by atoms with van der Waals surface area (Å²) in [6.07, 6.45) is 0.454. The van der Waals surface area contributed by atoms with Gasteiger partial charge in [-0.2, -0.15) is 0 Å². The first kappa shape index (κ1) is 17.7. The predicted octanol–water partition coefficient (Wildman–Crippen LogP) is 1.08. The van der Waals surface area contributed by atoms with Crippen molar-refractivity contribution in [3.63, 3.8) is 0 Å². The molecule has 0 aromatic heterocycles. The molecule has 0 saturated carbocycles. The average molecular weight is 340 g/mol. The van der Waals surface area contributed by atoms with Gasteiger partial charge in [-0.25, -0.2) is 4.39 Å². The molecule has 0 radical (unpaired) electrons. The van der Waals surface area contributed by atoms with Crippen molar-refractivity contribution in [2.24, 2.45) is 0 Å². The smallest absolute Gasteiger partial charge is 0.232 e. The second-order valence-electron chi connectivity index (χ2n) is 5.18.